The van der Waals surface area contributed by atoms with Crippen molar-refractivity contribution < 1.29 is 17.9 Å². The van der Waals surface area contributed by atoms with Gasteiger partial charge in [-0.25, -0.2) is 8.42 Å². The Bertz CT molecular complexity index is 691. The smallest absolute Gasteiger partial charge is 0.243 e. The molecule has 0 N–H and O–H groups in total. The van der Waals surface area contributed by atoms with Gasteiger partial charge in [0.2, 0.25) is 10.0 Å². The van der Waals surface area contributed by atoms with Gasteiger partial charge in [0.05, 0.1) is 23.7 Å². The molecular formula is C19H30N2O4S. The van der Waals surface area contributed by atoms with Gasteiger partial charge in [0.1, 0.15) is 0 Å². The third-order valence-electron chi connectivity index (χ3n) is 5.17. The van der Waals surface area contributed by atoms with Crippen LogP contribution in [0.4, 0.5) is 0 Å². The molecule has 0 radical (unpaired) electrons. The van der Waals surface area contributed by atoms with Crippen LogP contribution in [0, 0.1) is 5.92 Å². The van der Waals surface area contributed by atoms with Gasteiger partial charge >= 0.3 is 0 Å². The minimum Gasteiger partial charge on any atom is -0.379 e. The van der Waals surface area contributed by atoms with Crippen molar-refractivity contribution in [2.75, 3.05) is 46.5 Å². The molecule has 2 saturated heterocycles. The summed E-state index contributed by atoms with van der Waals surface area (Å²) in [6, 6.07) is 7.28. The first-order chi connectivity index (χ1) is 12.3. The average Bonchev–Trinajstić information content (AvgIpc) is 2.60. The van der Waals surface area contributed by atoms with Gasteiger partial charge in [0.25, 0.3) is 0 Å². The second-order valence-electron chi connectivity index (χ2n) is 7.79. The number of ether oxygens (including phenoxy) is 2. The highest BCUT2D eigenvalue weighted by Crippen LogP contribution is 2.32. The number of morpholine rings is 1. The molecule has 7 heteroatoms. The molecular weight excluding hydrogens is 352 g/mol. The second-order valence-corrected chi connectivity index (χ2v) is 9.73. The lowest BCUT2D eigenvalue weighted by molar-refractivity contribution is -0.137. The third-order valence-corrected chi connectivity index (χ3v) is 7.09. The summed E-state index contributed by atoms with van der Waals surface area (Å²) in [5.74, 6) is 0.613. The maximum absolute atomic E-state index is 12.7. The maximum atomic E-state index is 12.7. The van der Waals surface area contributed by atoms with Crippen molar-refractivity contribution in [2.24, 2.45) is 5.92 Å². The fourth-order valence-corrected chi connectivity index (χ4v) is 5.34. The molecule has 0 bridgehead atoms. The van der Waals surface area contributed by atoms with Gasteiger partial charge in [-0.2, -0.15) is 4.31 Å². The van der Waals surface area contributed by atoms with Crippen LogP contribution >= 0.6 is 0 Å². The van der Waals surface area contributed by atoms with Gasteiger partial charge in [0.15, 0.2) is 0 Å². The molecule has 0 unspecified atom stereocenters. The molecule has 0 aromatic heterocycles. The fourth-order valence-electron chi connectivity index (χ4n) is 3.93. The van der Waals surface area contributed by atoms with Crippen molar-refractivity contribution in [3.63, 3.8) is 0 Å². The first-order valence-electron chi connectivity index (χ1n) is 9.29. The second kappa shape index (κ2) is 7.94. The van der Waals surface area contributed by atoms with E-state index in [4.69, 9.17) is 9.47 Å². The Labute approximate surface area is 157 Å². The van der Waals surface area contributed by atoms with Crippen molar-refractivity contribution in [1.82, 2.24) is 9.21 Å². The lowest BCUT2D eigenvalue weighted by Gasteiger charge is -2.50. The molecule has 146 valence electrons. The van der Waals surface area contributed by atoms with E-state index in [9.17, 15) is 8.42 Å². The molecule has 0 saturated carbocycles. The first kappa shape index (κ1) is 19.8. The number of sulfonamides is 1. The molecule has 1 aromatic rings. The quantitative estimate of drug-likeness (QED) is 0.721. The zero-order valence-electron chi connectivity index (χ0n) is 16.0. The number of methoxy groups -OCH3 is 1. The van der Waals surface area contributed by atoms with Crippen LogP contribution in [0.1, 0.15) is 25.8 Å². The topological polar surface area (TPSA) is 59.1 Å². The van der Waals surface area contributed by atoms with E-state index >= 15 is 0 Å². The highest BCUT2D eigenvalue weighted by molar-refractivity contribution is 7.89. The highest BCUT2D eigenvalue weighted by Gasteiger charge is 2.43. The Morgan fingerprint density at radius 1 is 1.15 bits per heavy atom. The maximum Gasteiger partial charge on any atom is 0.243 e. The van der Waals surface area contributed by atoms with Gasteiger partial charge in [-0.1, -0.05) is 26.0 Å². The van der Waals surface area contributed by atoms with E-state index in [0.717, 1.165) is 31.6 Å². The molecule has 26 heavy (non-hydrogen) atoms. The lowest BCUT2D eigenvalue weighted by atomic mass is 9.85. The third kappa shape index (κ3) is 4.28. The standard InChI is InChI=1S/C19H30N2O4S/c1-16(2)12-19(24-3)14-20(15-19)13-17-4-6-18(7-5-17)26(22,23)21-8-10-25-11-9-21/h4-7,16H,8-15H2,1-3H3. The molecule has 2 aliphatic rings. The van der Waals surface area contributed by atoms with Crippen molar-refractivity contribution in [1.29, 1.82) is 0 Å². The molecule has 3 rings (SSSR count). The summed E-state index contributed by atoms with van der Waals surface area (Å²) in [4.78, 5) is 2.70. The summed E-state index contributed by atoms with van der Waals surface area (Å²) < 4.78 is 37.8. The van der Waals surface area contributed by atoms with Crippen molar-refractivity contribution in [3.05, 3.63) is 29.8 Å². The molecule has 0 amide bonds. The summed E-state index contributed by atoms with van der Waals surface area (Å²) in [5, 5.41) is 0. The first-order valence-corrected chi connectivity index (χ1v) is 10.7. The molecule has 2 aliphatic heterocycles. The molecule has 6 nitrogen and oxygen atoms in total. The zero-order chi connectivity index (χ0) is 18.8. The van der Waals surface area contributed by atoms with E-state index in [2.05, 4.69) is 18.7 Å². The van der Waals surface area contributed by atoms with Crippen LogP contribution in [0.3, 0.4) is 0 Å². The van der Waals surface area contributed by atoms with Crippen LogP contribution in [0.15, 0.2) is 29.2 Å². The van der Waals surface area contributed by atoms with Gasteiger partial charge < -0.3 is 9.47 Å². The Morgan fingerprint density at radius 3 is 2.31 bits per heavy atom. The average molecular weight is 383 g/mol. The number of rotatable bonds is 7. The molecule has 2 fully saturated rings. The SMILES string of the molecule is COC1(CC(C)C)CN(Cc2ccc(S(=O)(=O)N3CCOCC3)cc2)C1. The van der Waals surface area contributed by atoms with Crippen molar-refractivity contribution in [2.45, 2.75) is 37.3 Å². The number of benzene rings is 1. The summed E-state index contributed by atoms with van der Waals surface area (Å²) >= 11 is 0. The van der Waals surface area contributed by atoms with E-state index in [1.807, 2.05) is 12.1 Å². The predicted octanol–water partition coefficient (Wildman–Crippen LogP) is 1.95. The number of hydrogen-bond acceptors (Lipinski definition) is 5. The van der Waals surface area contributed by atoms with Crippen LogP contribution in [0.5, 0.6) is 0 Å². The summed E-state index contributed by atoms with van der Waals surface area (Å²) in [5.41, 5.74) is 1.11. The van der Waals surface area contributed by atoms with Gasteiger partial charge in [0, 0.05) is 39.8 Å². The molecule has 0 spiro atoms. The molecule has 2 heterocycles. The van der Waals surface area contributed by atoms with Crippen LogP contribution in [0.2, 0.25) is 0 Å². The fraction of sp³-hybridized carbons (Fsp3) is 0.684. The molecule has 0 aliphatic carbocycles. The van der Waals surface area contributed by atoms with Crippen LogP contribution in [0.25, 0.3) is 0 Å². The Balaban J connectivity index is 1.59. The number of hydrogen-bond donors (Lipinski definition) is 0. The van der Waals surface area contributed by atoms with Crippen molar-refractivity contribution in [3.8, 4) is 0 Å². The van der Waals surface area contributed by atoms with Gasteiger partial charge in [-0.05, 0) is 30.0 Å². The lowest BCUT2D eigenvalue weighted by Crippen LogP contribution is -2.62. The zero-order valence-corrected chi connectivity index (χ0v) is 16.8. The summed E-state index contributed by atoms with van der Waals surface area (Å²) in [6.45, 7) is 8.88. The minimum absolute atomic E-state index is 0.0201. The summed E-state index contributed by atoms with van der Waals surface area (Å²) in [6.07, 6.45) is 1.07. The Hall–Kier alpha value is -0.990. The normalized spacial score (nSPS) is 21.7. The van der Waals surface area contributed by atoms with Crippen LogP contribution in [-0.2, 0) is 26.0 Å². The van der Waals surface area contributed by atoms with E-state index in [1.54, 1.807) is 19.2 Å². The van der Waals surface area contributed by atoms with Crippen molar-refractivity contribution >= 4 is 10.0 Å². The Kier molecular flexibility index (Phi) is 6.04. The Morgan fingerprint density at radius 2 is 1.77 bits per heavy atom. The number of nitrogens with zero attached hydrogens (tertiary/aromatic N) is 2. The summed E-state index contributed by atoms with van der Waals surface area (Å²) in [7, 11) is -1.62. The van der Waals surface area contributed by atoms with E-state index < -0.39 is 10.0 Å². The van der Waals surface area contributed by atoms with E-state index in [-0.39, 0.29) is 5.60 Å². The van der Waals surface area contributed by atoms with E-state index in [0.29, 0.717) is 37.1 Å². The highest BCUT2D eigenvalue weighted by atomic mass is 32.2. The largest absolute Gasteiger partial charge is 0.379 e. The van der Waals surface area contributed by atoms with Crippen LogP contribution in [-0.4, -0.2) is 69.7 Å². The predicted molar refractivity (Wildman–Crippen MR) is 100 cm³/mol. The monoisotopic (exact) mass is 382 g/mol. The van der Waals surface area contributed by atoms with E-state index in [1.165, 1.54) is 4.31 Å². The molecule has 0 atom stereocenters. The van der Waals surface area contributed by atoms with Gasteiger partial charge in [-0.3, -0.25) is 4.90 Å². The minimum atomic E-state index is -3.42. The van der Waals surface area contributed by atoms with Crippen LogP contribution < -0.4 is 0 Å². The van der Waals surface area contributed by atoms with Gasteiger partial charge in [-0.15, -0.1) is 0 Å². The number of likely N-dealkylation sites (tertiary alicyclic amines) is 1. The molecule has 1 aromatic carbocycles.